The molecule has 0 unspecified atom stereocenters. The molecule has 0 atom stereocenters. The summed E-state index contributed by atoms with van der Waals surface area (Å²) in [6, 6.07) is 10.4. The molecule has 1 aromatic heterocycles. The lowest BCUT2D eigenvalue weighted by Crippen LogP contribution is -2.49. The van der Waals surface area contributed by atoms with Crippen LogP contribution in [0.15, 0.2) is 45.5 Å². The molecule has 0 aliphatic heterocycles. The standard InChI is InChI=1S/C15H14BrN3O4S/c1-9-4-2-3-5-10(9)22-8-13(20)18-19-15(24)17-14(21)11-6-7-12(16)23-11/h2-7H,8H2,1H3,(H,18,20)(H2,17,19,21,24). The number of thiocarbonyl (C=S) groups is 1. The molecule has 2 amide bonds. The summed E-state index contributed by atoms with van der Waals surface area (Å²) >= 11 is 7.99. The van der Waals surface area contributed by atoms with E-state index in [1.807, 2.05) is 25.1 Å². The average molecular weight is 412 g/mol. The third-order valence-corrected chi connectivity index (χ3v) is 3.42. The van der Waals surface area contributed by atoms with Gasteiger partial charge >= 0.3 is 0 Å². The van der Waals surface area contributed by atoms with Crippen molar-refractivity contribution in [2.75, 3.05) is 6.61 Å². The Morgan fingerprint density at radius 1 is 1.21 bits per heavy atom. The van der Waals surface area contributed by atoms with Crippen molar-refractivity contribution in [1.82, 2.24) is 16.2 Å². The van der Waals surface area contributed by atoms with Crippen LogP contribution in [0, 0.1) is 6.92 Å². The van der Waals surface area contributed by atoms with Crippen LogP contribution in [0.3, 0.4) is 0 Å². The number of hydrazine groups is 1. The van der Waals surface area contributed by atoms with Gasteiger partial charge in [-0.15, -0.1) is 0 Å². The van der Waals surface area contributed by atoms with E-state index < -0.39 is 11.8 Å². The molecule has 0 saturated carbocycles. The van der Waals surface area contributed by atoms with Gasteiger partial charge in [-0.25, -0.2) is 0 Å². The van der Waals surface area contributed by atoms with Gasteiger partial charge in [0.05, 0.1) is 0 Å². The van der Waals surface area contributed by atoms with Crippen LogP contribution in [0.2, 0.25) is 0 Å². The maximum Gasteiger partial charge on any atom is 0.293 e. The van der Waals surface area contributed by atoms with Crippen molar-refractivity contribution < 1.29 is 18.7 Å². The summed E-state index contributed by atoms with van der Waals surface area (Å²) in [5, 5.41) is 2.29. The first kappa shape index (κ1) is 18.0. The number of carbonyl (C=O) groups is 2. The number of para-hydroxylation sites is 1. The maximum absolute atomic E-state index is 11.8. The summed E-state index contributed by atoms with van der Waals surface area (Å²) in [4.78, 5) is 23.5. The molecular formula is C15H14BrN3O4S. The Morgan fingerprint density at radius 3 is 2.62 bits per heavy atom. The molecule has 126 valence electrons. The number of benzene rings is 1. The van der Waals surface area contributed by atoms with Crippen LogP contribution < -0.4 is 20.9 Å². The molecule has 2 rings (SSSR count). The molecule has 0 bridgehead atoms. The number of halogens is 1. The molecule has 2 aromatic rings. The summed E-state index contributed by atoms with van der Waals surface area (Å²) in [5.41, 5.74) is 5.65. The first-order valence-corrected chi connectivity index (χ1v) is 8.00. The molecule has 7 nitrogen and oxygen atoms in total. The highest BCUT2D eigenvalue weighted by Gasteiger charge is 2.12. The lowest BCUT2D eigenvalue weighted by Gasteiger charge is -2.11. The monoisotopic (exact) mass is 411 g/mol. The summed E-state index contributed by atoms with van der Waals surface area (Å²) < 4.78 is 10.9. The number of hydrogen-bond donors (Lipinski definition) is 3. The average Bonchev–Trinajstić information content (AvgIpc) is 2.99. The Labute approximate surface area is 151 Å². The van der Waals surface area contributed by atoms with Crippen molar-refractivity contribution >= 4 is 45.1 Å². The number of carbonyl (C=O) groups excluding carboxylic acids is 2. The largest absolute Gasteiger partial charge is 0.483 e. The molecule has 0 aliphatic rings. The van der Waals surface area contributed by atoms with E-state index in [1.165, 1.54) is 6.07 Å². The molecular weight excluding hydrogens is 398 g/mol. The fourth-order valence-corrected chi connectivity index (χ4v) is 2.11. The van der Waals surface area contributed by atoms with Crippen molar-refractivity contribution in [3.8, 4) is 5.75 Å². The van der Waals surface area contributed by atoms with Crippen LogP contribution in [0.1, 0.15) is 16.1 Å². The van der Waals surface area contributed by atoms with Crippen LogP contribution in [-0.2, 0) is 4.79 Å². The third-order valence-electron chi connectivity index (χ3n) is 2.79. The minimum atomic E-state index is -0.538. The molecule has 0 spiro atoms. The molecule has 9 heteroatoms. The van der Waals surface area contributed by atoms with E-state index >= 15 is 0 Å². The molecule has 1 aromatic carbocycles. The molecule has 0 radical (unpaired) electrons. The van der Waals surface area contributed by atoms with Crippen molar-refractivity contribution in [2.24, 2.45) is 0 Å². The summed E-state index contributed by atoms with van der Waals surface area (Å²) in [5.74, 6) is -0.286. The number of furan rings is 1. The topological polar surface area (TPSA) is 92.6 Å². The van der Waals surface area contributed by atoms with Crippen molar-refractivity contribution in [3.05, 3.63) is 52.4 Å². The second-order valence-electron chi connectivity index (χ2n) is 4.61. The number of hydrogen-bond acceptors (Lipinski definition) is 5. The van der Waals surface area contributed by atoms with Crippen LogP contribution in [-0.4, -0.2) is 23.5 Å². The Morgan fingerprint density at radius 2 is 1.96 bits per heavy atom. The van der Waals surface area contributed by atoms with Gasteiger partial charge in [0.25, 0.3) is 11.8 Å². The smallest absolute Gasteiger partial charge is 0.293 e. The highest BCUT2D eigenvalue weighted by atomic mass is 79.9. The van der Waals surface area contributed by atoms with E-state index in [-0.39, 0.29) is 17.5 Å². The number of ether oxygens (including phenoxy) is 1. The van der Waals surface area contributed by atoms with E-state index in [0.717, 1.165) is 5.56 Å². The van der Waals surface area contributed by atoms with Crippen LogP contribution >= 0.6 is 28.1 Å². The fourth-order valence-electron chi connectivity index (χ4n) is 1.66. The molecule has 0 fully saturated rings. The predicted molar refractivity (Wildman–Crippen MR) is 94.4 cm³/mol. The summed E-state index contributed by atoms with van der Waals surface area (Å²) in [7, 11) is 0. The lowest BCUT2D eigenvalue weighted by atomic mass is 10.2. The number of aryl methyl sites for hydroxylation is 1. The number of rotatable bonds is 4. The molecule has 24 heavy (non-hydrogen) atoms. The summed E-state index contributed by atoms with van der Waals surface area (Å²) in [6.07, 6.45) is 0. The minimum absolute atomic E-state index is 0.0724. The molecule has 0 aliphatic carbocycles. The van der Waals surface area contributed by atoms with Gasteiger partial charge in [0, 0.05) is 0 Å². The highest BCUT2D eigenvalue weighted by Crippen LogP contribution is 2.15. The first-order chi connectivity index (χ1) is 11.5. The quantitative estimate of drug-likeness (QED) is 0.526. The SMILES string of the molecule is Cc1ccccc1OCC(=O)NNC(=S)NC(=O)c1ccc(Br)o1. The van der Waals surface area contributed by atoms with E-state index in [2.05, 4.69) is 32.1 Å². The Bertz CT molecular complexity index is 763. The third kappa shape index (κ3) is 5.36. The molecule has 1 heterocycles. The van der Waals surface area contributed by atoms with Gasteiger partial charge in [0.15, 0.2) is 22.1 Å². The predicted octanol–water partition coefficient (Wildman–Crippen LogP) is 2.07. The van der Waals surface area contributed by atoms with E-state index in [4.69, 9.17) is 21.4 Å². The molecule has 3 N–H and O–H groups in total. The van der Waals surface area contributed by atoms with Gasteiger partial charge in [0.2, 0.25) is 0 Å². The highest BCUT2D eigenvalue weighted by molar-refractivity contribution is 9.10. The number of amides is 2. The van der Waals surface area contributed by atoms with Crippen LogP contribution in [0.5, 0.6) is 5.75 Å². The second-order valence-corrected chi connectivity index (χ2v) is 5.80. The lowest BCUT2D eigenvalue weighted by molar-refractivity contribution is -0.123. The van der Waals surface area contributed by atoms with E-state index in [9.17, 15) is 9.59 Å². The van der Waals surface area contributed by atoms with Crippen LogP contribution in [0.25, 0.3) is 0 Å². The zero-order valence-electron chi connectivity index (χ0n) is 12.6. The number of nitrogens with one attached hydrogen (secondary N) is 3. The van der Waals surface area contributed by atoms with Crippen molar-refractivity contribution in [2.45, 2.75) is 6.92 Å². The first-order valence-electron chi connectivity index (χ1n) is 6.79. The van der Waals surface area contributed by atoms with Crippen LogP contribution in [0.4, 0.5) is 0 Å². The second kappa shape index (κ2) is 8.46. The van der Waals surface area contributed by atoms with Crippen molar-refractivity contribution in [1.29, 1.82) is 0 Å². The fraction of sp³-hybridized carbons (Fsp3) is 0.133. The van der Waals surface area contributed by atoms with Gasteiger partial charge in [-0.05, 0) is 58.8 Å². The maximum atomic E-state index is 11.8. The zero-order chi connectivity index (χ0) is 17.5. The zero-order valence-corrected chi connectivity index (χ0v) is 15.0. The summed E-state index contributed by atoms with van der Waals surface area (Å²) in [6.45, 7) is 1.68. The minimum Gasteiger partial charge on any atom is -0.483 e. The molecule has 0 saturated heterocycles. The van der Waals surface area contributed by atoms with Gasteiger partial charge < -0.3 is 9.15 Å². The van der Waals surface area contributed by atoms with Gasteiger partial charge in [0.1, 0.15) is 5.75 Å². The normalized spacial score (nSPS) is 9.92. The van der Waals surface area contributed by atoms with Gasteiger partial charge in [-0.1, -0.05) is 18.2 Å². The van der Waals surface area contributed by atoms with Crippen molar-refractivity contribution in [3.63, 3.8) is 0 Å². The van der Waals surface area contributed by atoms with Gasteiger partial charge in [-0.2, -0.15) is 0 Å². The van der Waals surface area contributed by atoms with Gasteiger partial charge in [-0.3, -0.25) is 25.8 Å². The Balaban J connectivity index is 1.72. The Hall–Kier alpha value is -2.39. The van der Waals surface area contributed by atoms with E-state index in [0.29, 0.717) is 10.4 Å². The Kier molecular flexibility index (Phi) is 6.33. The van der Waals surface area contributed by atoms with E-state index in [1.54, 1.807) is 12.1 Å².